The highest BCUT2D eigenvalue weighted by Crippen LogP contribution is 2.72. The van der Waals surface area contributed by atoms with Gasteiger partial charge in [0.1, 0.15) is 0 Å². The predicted octanol–water partition coefficient (Wildman–Crippen LogP) is 8.08. The Morgan fingerprint density at radius 2 is 1.66 bits per heavy atom. The molecule has 0 heterocycles. The van der Waals surface area contributed by atoms with Gasteiger partial charge < -0.3 is 15.3 Å². The molecule has 0 aliphatic heterocycles. The molecule has 0 saturated heterocycles. The van der Waals surface area contributed by atoms with Crippen molar-refractivity contribution in [2.24, 2.45) is 51.2 Å². The lowest BCUT2D eigenvalue weighted by Gasteiger charge is -2.67. The van der Waals surface area contributed by atoms with Crippen LogP contribution in [0, 0.1) is 51.2 Å². The van der Waals surface area contributed by atoms with Crippen molar-refractivity contribution in [3.8, 4) is 0 Å². The van der Waals surface area contributed by atoms with Gasteiger partial charge in [-0.1, -0.05) is 77.3 Å². The highest BCUT2D eigenvalue weighted by molar-refractivity contribution is 5.88. The third-order valence-electron chi connectivity index (χ3n) is 13.9. The SMILES string of the molecule is CC1CCCC2(C(=O)NCCN(C)C)CCC3C(=CCC4C3(C)CCC3C(C)(C)C(c5ccc(C(=O)O)cc5)=CCC34C)C12. The van der Waals surface area contributed by atoms with Crippen LogP contribution in [0.15, 0.2) is 42.0 Å². The van der Waals surface area contributed by atoms with Crippen molar-refractivity contribution in [2.75, 3.05) is 27.2 Å². The third kappa shape index (κ3) is 4.74. The number of carboxylic acids is 1. The fourth-order valence-electron chi connectivity index (χ4n) is 11.9. The smallest absolute Gasteiger partial charge is 0.335 e. The number of amides is 1. The summed E-state index contributed by atoms with van der Waals surface area (Å²) in [5.41, 5.74) is 4.78. The van der Waals surface area contributed by atoms with Gasteiger partial charge in [-0.3, -0.25) is 4.79 Å². The van der Waals surface area contributed by atoms with Gasteiger partial charge in [0, 0.05) is 13.1 Å². The summed E-state index contributed by atoms with van der Waals surface area (Å²) in [5, 5.41) is 12.8. The Morgan fingerprint density at radius 1 is 0.932 bits per heavy atom. The van der Waals surface area contributed by atoms with Gasteiger partial charge >= 0.3 is 5.97 Å². The van der Waals surface area contributed by atoms with Gasteiger partial charge in [-0.2, -0.15) is 0 Å². The molecule has 1 aromatic carbocycles. The fourth-order valence-corrected chi connectivity index (χ4v) is 11.9. The fraction of sp³-hybridized carbons (Fsp3) is 0.692. The lowest BCUT2D eigenvalue weighted by molar-refractivity contribution is -0.149. The number of aromatic carboxylic acids is 1. The average molecular weight is 601 g/mol. The Morgan fingerprint density at radius 3 is 2.34 bits per heavy atom. The van der Waals surface area contributed by atoms with E-state index in [4.69, 9.17) is 0 Å². The lowest BCUT2D eigenvalue weighted by Crippen LogP contribution is -2.61. The largest absolute Gasteiger partial charge is 0.478 e. The normalized spacial score (nSPS) is 39.1. The standard InChI is InChI=1S/C39H56N2O3/c1-25-9-8-19-39(35(44)40-23-24-41(6)7)22-17-30-28(33(25)39)14-15-32-37(30,4)21-18-31-36(2,3)29(16-20-38(31,32)5)26-10-12-27(13-11-26)34(42)43/h10-14,16,25,30-33H,8-9,15,17-24H2,1-7H3,(H,40,44)(H,42,43). The maximum atomic E-state index is 14.0. The molecule has 8 atom stereocenters. The van der Waals surface area contributed by atoms with Crippen LogP contribution in [0.2, 0.25) is 0 Å². The zero-order valence-electron chi connectivity index (χ0n) is 28.3. The Hall–Kier alpha value is -2.40. The molecule has 0 spiro atoms. The van der Waals surface area contributed by atoms with Gasteiger partial charge in [-0.25, -0.2) is 4.79 Å². The first-order valence-corrected chi connectivity index (χ1v) is 17.4. The summed E-state index contributed by atoms with van der Waals surface area (Å²) in [5.74, 6) is 2.14. The molecule has 0 aromatic heterocycles. The molecule has 1 amide bonds. The number of nitrogens with one attached hydrogen (secondary N) is 1. The number of carboxylic acid groups (broad SMARTS) is 1. The first kappa shape index (κ1) is 31.6. The molecule has 240 valence electrons. The van der Waals surface area contributed by atoms with E-state index in [0.717, 1.165) is 45.2 Å². The van der Waals surface area contributed by atoms with Gasteiger partial charge in [0.25, 0.3) is 0 Å². The van der Waals surface area contributed by atoms with E-state index < -0.39 is 5.97 Å². The number of nitrogens with zero attached hydrogens (tertiary/aromatic N) is 1. The maximum absolute atomic E-state index is 14.0. The van der Waals surface area contributed by atoms with Crippen LogP contribution in [-0.2, 0) is 4.79 Å². The summed E-state index contributed by atoms with van der Waals surface area (Å²) in [6.45, 7) is 14.1. The van der Waals surface area contributed by atoms with E-state index in [1.807, 2.05) is 12.1 Å². The maximum Gasteiger partial charge on any atom is 0.335 e. The van der Waals surface area contributed by atoms with E-state index in [1.54, 1.807) is 17.7 Å². The van der Waals surface area contributed by atoms with Crippen molar-refractivity contribution in [2.45, 2.75) is 92.4 Å². The lowest BCUT2D eigenvalue weighted by atomic mass is 9.37. The molecule has 5 nitrogen and oxygen atoms in total. The summed E-state index contributed by atoms with van der Waals surface area (Å²) in [6.07, 6.45) is 15.4. The second kappa shape index (κ2) is 11.1. The molecule has 0 bridgehead atoms. The molecule has 44 heavy (non-hydrogen) atoms. The zero-order valence-corrected chi connectivity index (χ0v) is 28.3. The van der Waals surface area contributed by atoms with Gasteiger partial charge in [0.2, 0.25) is 5.91 Å². The van der Waals surface area contributed by atoms with Crippen molar-refractivity contribution in [1.82, 2.24) is 10.2 Å². The number of allylic oxidation sites excluding steroid dienone is 4. The highest BCUT2D eigenvalue weighted by atomic mass is 16.4. The van der Waals surface area contributed by atoms with Gasteiger partial charge in [0.05, 0.1) is 11.0 Å². The van der Waals surface area contributed by atoms with Crippen molar-refractivity contribution in [3.05, 3.63) is 53.1 Å². The van der Waals surface area contributed by atoms with E-state index in [9.17, 15) is 14.7 Å². The van der Waals surface area contributed by atoms with Crippen LogP contribution in [0.3, 0.4) is 0 Å². The number of hydrogen-bond donors (Lipinski definition) is 2. The van der Waals surface area contributed by atoms with Crippen LogP contribution >= 0.6 is 0 Å². The third-order valence-corrected chi connectivity index (χ3v) is 13.9. The Bertz CT molecular complexity index is 1360. The van der Waals surface area contributed by atoms with E-state index >= 15 is 0 Å². The Labute approximate surface area is 265 Å². The molecule has 8 unspecified atom stereocenters. The number of carbonyl (C=O) groups is 2. The monoisotopic (exact) mass is 600 g/mol. The molecule has 2 N–H and O–H groups in total. The number of benzene rings is 1. The van der Waals surface area contributed by atoms with Crippen molar-refractivity contribution in [3.63, 3.8) is 0 Å². The molecule has 5 aliphatic rings. The molecule has 3 fully saturated rings. The van der Waals surface area contributed by atoms with Gasteiger partial charge in [0.15, 0.2) is 0 Å². The van der Waals surface area contributed by atoms with E-state index in [2.05, 4.69) is 71.1 Å². The average Bonchev–Trinajstić information content (AvgIpc) is 2.96. The predicted molar refractivity (Wildman–Crippen MR) is 178 cm³/mol. The summed E-state index contributed by atoms with van der Waals surface area (Å²) >= 11 is 0. The van der Waals surface area contributed by atoms with Gasteiger partial charge in [-0.15, -0.1) is 0 Å². The number of carbonyl (C=O) groups excluding carboxylic acids is 1. The Balaban J connectivity index is 1.32. The number of likely N-dealkylation sites (N-methyl/N-ethyl adjacent to an activating group) is 1. The minimum Gasteiger partial charge on any atom is -0.478 e. The zero-order chi connectivity index (χ0) is 31.7. The molecule has 0 radical (unpaired) electrons. The first-order valence-electron chi connectivity index (χ1n) is 17.4. The molecule has 3 saturated carbocycles. The number of hydrogen-bond acceptors (Lipinski definition) is 3. The second-order valence-corrected chi connectivity index (χ2v) is 16.7. The summed E-state index contributed by atoms with van der Waals surface area (Å²) in [6, 6.07) is 7.54. The van der Waals surface area contributed by atoms with Crippen LogP contribution in [0.4, 0.5) is 0 Å². The second-order valence-electron chi connectivity index (χ2n) is 16.7. The topological polar surface area (TPSA) is 69.6 Å². The first-order chi connectivity index (χ1) is 20.8. The minimum atomic E-state index is -0.871. The number of rotatable bonds is 6. The van der Waals surface area contributed by atoms with Crippen molar-refractivity contribution in [1.29, 1.82) is 0 Å². The molecular formula is C39H56N2O3. The Kier molecular flexibility index (Phi) is 7.99. The van der Waals surface area contributed by atoms with Crippen molar-refractivity contribution >= 4 is 17.4 Å². The highest BCUT2D eigenvalue weighted by Gasteiger charge is 2.64. The van der Waals surface area contributed by atoms with E-state index in [1.165, 1.54) is 36.8 Å². The van der Waals surface area contributed by atoms with Gasteiger partial charge in [-0.05, 0) is 128 Å². The van der Waals surface area contributed by atoms with Crippen LogP contribution in [0.25, 0.3) is 5.57 Å². The van der Waals surface area contributed by atoms with Crippen molar-refractivity contribution < 1.29 is 14.7 Å². The quantitative estimate of drug-likeness (QED) is 0.324. The van der Waals surface area contributed by atoms with E-state index in [0.29, 0.717) is 41.1 Å². The number of fused-ring (bicyclic) bond motifs is 7. The summed E-state index contributed by atoms with van der Waals surface area (Å²) < 4.78 is 0. The molecule has 5 heteroatoms. The minimum absolute atomic E-state index is 0.00725. The molecule has 1 aromatic rings. The van der Waals surface area contributed by atoms with Crippen LogP contribution in [0.5, 0.6) is 0 Å². The molecule has 5 aliphatic carbocycles. The van der Waals surface area contributed by atoms with E-state index in [-0.39, 0.29) is 21.7 Å². The van der Waals surface area contributed by atoms with Crippen LogP contribution in [0.1, 0.15) is 108 Å². The van der Waals surface area contributed by atoms with Crippen LogP contribution < -0.4 is 5.32 Å². The van der Waals surface area contributed by atoms with Crippen LogP contribution in [-0.4, -0.2) is 49.1 Å². The molecule has 6 rings (SSSR count). The molecular weight excluding hydrogens is 544 g/mol. The summed E-state index contributed by atoms with van der Waals surface area (Å²) in [4.78, 5) is 27.7. The summed E-state index contributed by atoms with van der Waals surface area (Å²) in [7, 11) is 4.14.